The van der Waals surface area contributed by atoms with Crippen molar-refractivity contribution in [3.63, 3.8) is 0 Å². The first-order valence-electron chi connectivity index (χ1n) is 6.73. The predicted octanol–water partition coefficient (Wildman–Crippen LogP) is 3.77. The number of nitrogens with zero attached hydrogens (tertiary/aromatic N) is 1. The van der Waals surface area contributed by atoms with Gasteiger partial charge < -0.3 is 5.73 Å². The summed E-state index contributed by atoms with van der Waals surface area (Å²) >= 11 is 6.21. The number of halogens is 1. The van der Waals surface area contributed by atoms with Gasteiger partial charge in [-0.15, -0.1) is 0 Å². The summed E-state index contributed by atoms with van der Waals surface area (Å²) in [4.78, 5) is 2.38. The van der Waals surface area contributed by atoms with Gasteiger partial charge >= 0.3 is 0 Å². The van der Waals surface area contributed by atoms with Crippen LogP contribution in [0.25, 0.3) is 0 Å². The Hall–Kier alpha value is -0.570. The van der Waals surface area contributed by atoms with Crippen LogP contribution in [-0.4, -0.2) is 24.5 Å². The minimum absolute atomic E-state index is 0.244. The van der Waals surface area contributed by atoms with E-state index in [2.05, 4.69) is 37.9 Å². The zero-order chi connectivity index (χ0) is 13.7. The van der Waals surface area contributed by atoms with Gasteiger partial charge in [0.2, 0.25) is 0 Å². The Labute approximate surface area is 116 Å². The van der Waals surface area contributed by atoms with Crippen molar-refractivity contribution in [2.45, 2.75) is 45.7 Å². The third-order valence-electron chi connectivity index (χ3n) is 3.81. The number of nitrogens with two attached hydrogens (primary N) is 1. The van der Waals surface area contributed by atoms with Crippen LogP contribution in [0, 0.1) is 6.92 Å². The molecule has 3 heteroatoms. The zero-order valence-corrected chi connectivity index (χ0v) is 12.7. The molecule has 1 atom stereocenters. The molecule has 1 unspecified atom stereocenters. The molecule has 0 saturated carbocycles. The van der Waals surface area contributed by atoms with Crippen LogP contribution in [0.3, 0.4) is 0 Å². The Kier molecular flexibility index (Phi) is 6.13. The molecular weight excluding hydrogens is 244 g/mol. The smallest absolute Gasteiger partial charge is 0.0470 e. The van der Waals surface area contributed by atoms with Crippen molar-refractivity contribution >= 4 is 11.6 Å². The third-order valence-corrected chi connectivity index (χ3v) is 4.22. The van der Waals surface area contributed by atoms with Crippen LogP contribution in [-0.2, 0) is 0 Å². The summed E-state index contributed by atoms with van der Waals surface area (Å²) in [6, 6.07) is 7.07. The lowest BCUT2D eigenvalue weighted by atomic mass is 10.0. The molecule has 0 heterocycles. The first kappa shape index (κ1) is 15.5. The van der Waals surface area contributed by atoms with Crippen LogP contribution in [0.2, 0.25) is 5.02 Å². The monoisotopic (exact) mass is 268 g/mol. The van der Waals surface area contributed by atoms with Gasteiger partial charge in [0.15, 0.2) is 0 Å². The number of benzene rings is 1. The Morgan fingerprint density at radius 3 is 2.33 bits per heavy atom. The summed E-state index contributed by atoms with van der Waals surface area (Å²) in [5.41, 5.74) is 8.28. The molecule has 0 radical (unpaired) electrons. The molecule has 102 valence electrons. The Morgan fingerprint density at radius 1 is 1.28 bits per heavy atom. The van der Waals surface area contributed by atoms with Crippen LogP contribution in [0.1, 0.15) is 43.9 Å². The van der Waals surface area contributed by atoms with E-state index < -0.39 is 0 Å². The highest BCUT2D eigenvalue weighted by Crippen LogP contribution is 2.26. The molecule has 0 spiro atoms. The normalized spacial score (nSPS) is 13.3. The van der Waals surface area contributed by atoms with E-state index in [0.717, 1.165) is 23.4 Å². The summed E-state index contributed by atoms with van der Waals surface area (Å²) in [6.07, 6.45) is 2.28. The molecule has 0 saturated heterocycles. The quantitative estimate of drug-likeness (QED) is 0.851. The highest BCUT2D eigenvalue weighted by molar-refractivity contribution is 6.31. The molecule has 0 bridgehead atoms. The summed E-state index contributed by atoms with van der Waals surface area (Å²) < 4.78 is 0. The highest BCUT2D eigenvalue weighted by Gasteiger charge is 2.21. The van der Waals surface area contributed by atoms with E-state index in [1.165, 1.54) is 5.56 Å². The molecule has 0 aliphatic rings. The van der Waals surface area contributed by atoms with Crippen molar-refractivity contribution < 1.29 is 0 Å². The van der Waals surface area contributed by atoms with Gasteiger partial charge in [-0.05, 0) is 44.0 Å². The number of aryl methyl sites for hydroxylation is 1. The van der Waals surface area contributed by atoms with Crippen molar-refractivity contribution in [1.82, 2.24) is 4.90 Å². The number of rotatable bonds is 6. The van der Waals surface area contributed by atoms with Crippen molar-refractivity contribution in [3.05, 3.63) is 34.3 Å². The van der Waals surface area contributed by atoms with Gasteiger partial charge in [-0.3, -0.25) is 4.90 Å². The number of likely N-dealkylation sites (N-methyl/N-ethyl adjacent to an activating group) is 1. The van der Waals surface area contributed by atoms with Gasteiger partial charge in [0, 0.05) is 23.7 Å². The van der Waals surface area contributed by atoms with E-state index in [9.17, 15) is 0 Å². The molecule has 0 aliphatic heterocycles. The standard InChI is InChI=1S/C15H25ClN2/c1-5-13(6-2)18(4)15(10-17)12-8-7-11(3)14(16)9-12/h7-9,13,15H,5-6,10,17H2,1-4H3. The molecule has 0 aromatic heterocycles. The lowest BCUT2D eigenvalue weighted by Crippen LogP contribution is -2.38. The van der Waals surface area contributed by atoms with E-state index in [4.69, 9.17) is 17.3 Å². The highest BCUT2D eigenvalue weighted by atomic mass is 35.5. The van der Waals surface area contributed by atoms with Crippen LogP contribution >= 0.6 is 11.6 Å². The largest absolute Gasteiger partial charge is 0.329 e. The van der Waals surface area contributed by atoms with Crippen molar-refractivity contribution in [2.75, 3.05) is 13.6 Å². The first-order chi connectivity index (χ1) is 8.54. The van der Waals surface area contributed by atoms with Crippen LogP contribution < -0.4 is 5.73 Å². The van der Waals surface area contributed by atoms with Gasteiger partial charge in [0.05, 0.1) is 0 Å². The molecule has 1 aromatic rings. The minimum atomic E-state index is 0.244. The molecular formula is C15H25ClN2. The maximum Gasteiger partial charge on any atom is 0.0470 e. The fourth-order valence-corrected chi connectivity index (χ4v) is 2.66. The van der Waals surface area contributed by atoms with Crippen molar-refractivity contribution in [3.8, 4) is 0 Å². The molecule has 1 rings (SSSR count). The number of hydrogen-bond acceptors (Lipinski definition) is 2. The molecule has 2 nitrogen and oxygen atoms in total. The van der Waals surface area contributed by atoms with Gasteiger partial charge in [-0.1, -0.05) is 37.6 Å². The lowest BCUT2D eigenvalue weighted by molar-refractivity contribution is 0.168. The van der Waals surface area contributed by atoms with Gasteiger partial charge in [0.25, 0.3) is 0 Å². The van der Waals surface area contributed by atoms with Gasteiger partial charge in [-0.2, -0.15) is 0 Å². The molecule has 0 fully saturated rings. The average Bonchev–Trinajstić information content (AvgIpc) is 2.36. The van der Waals surface area contributed by atoms with Gasteiger partial charge in [0.1, 0.15) is 0 Å². The maximum atomic E-state index is 6.21. The summed E-state index contributed by atoms with van der Waals surface area (Å²) in [7, 11) is 2.16. The van der Waals surface area contributed by atoms with E-state index in [1.54, 1.807) is 0 Å². The Morgan fingerprint density at radius 2 is 1.89 bits per heavy atom. The second kappa shape index (κ2) is 7.13. The van der Waals surface area contributed by atoms with E-state index in [-0.39, 0.29) is 6.04 Å². The maximum absolute atomic E-state index is 6.21. The van der Waals surface area contributed by atoms with Crippen molar-refractivity contribution in [2.24, 2.45) is 5.73 Å². The average molecular weight is 269 g/mol. The predicted molar refractivity (Wildman–Crippen MR) is 80.1 cm³/mol. The topological polar surface area (TPSA) is 29.3 Å². The summed E-state index contributed by atoms with van der Waals surface area (Å²) in [6.45, 7) is 7.08. The fraction of sp³-hybridized carbons (Fsp3) is 0.600. The van der Waals surface area contributed by atoms with E-state index in [0.29, 0.717) is 12.6 Å². The van der Waals surface area contributed by atoms with Gasteiger partial charge in [-0.25, -0.2) is 0 Å². The first-order valence-corrected chi connectivity index (χ1v) is 7.10. The summed E-state index contributed by atoms with van der Waals surface area (Å²) in [5, 5.41) is 0.823. The second-order valence-corrected chi connectivity index (χ2v) is 5.30. The minimum Gasteiger partial charge on any atom is -0.329 e. The second-order valence-electron chi connectivity index (χ2n) is 4.90. The molecule has 1 aromatic carbocycles. The zero-order valence-electron chi connectivity index (χ0n) is 11.9. The Balaban J connectivity index is 2.97. The van der Waals surface area contributed by atoms with Crippen LogP contribution in [0.4, 0.5) is 0 Å². The van der Waals surface area contributed by atoms with E-state index >= 15 is 0 Å². The van der Waals surface area contributed by atoms with E-state index in [1.807, 2.05) is 13.0 Å². The molecule has 2 N–H and O–H groups in total. The lowest BCUT2D eigenvalue weighted by Gasteiger charge is -2.34. The molecule has 0 amide bonds. The molecule has 18 heavy (non-hydrogen) atoms. The Bertz CT molecular complexity index is 375. The number of hydrogen-bond donors (Lipinski definition) is 1. The van der Waals surface area contributed by atoms with Crippen molar-refractivity contribution in [1.29, 1.82) is 0 Å². The van der Waals surface area contributed by atoms with Crippen LogP contribution in [0.5, 0.6) is 0 Å². The summed E-state index contributed by atoms with van der Waals surface area (Å²) in [5.74, 6) is 0. The fourth-order valence-electron chi connectivity index (χ4n) is 2.47. The molecule has 0 aliphatic carbocycles. The SMILES string of the molecule is CCC(CC)N(C)C(CN)c1ccc(C)c(Cl)c1. The third kappa shape index (κ3) is 3.47. The van der Waals surface area contributed by atoms with Crippen LogP contribution in [0.15, 0.2) is 18.2 Å².